The molecule has 0 spiro atoms. The average molecular weight is 439 g/mol. The van der Waals surface area contributed by atoms with E-state index in [9.17, 15) is 18.8 Å². The largest absolute Gasteiger partial charge is 0.497 e. The number of carbonyl (C=O) groups is 1. The molecule has 1 aromatic heterocycles. The monoisotopic (exact) mass is 439 g/mol. The molecule has 1 saturated heterocycles. The maximum atomic E-state index is 13.3. The molecule has 166 valence electrons. The Hall–Kier alpha value is -3.95. The smallest absolute Gasteiger partial charge is 0.351 e. The number of rotatable bonds is 4. The topological polar surface area (TPSA) is 89.7 Å². The first-order chi connectivity index (χ1) is 15.4. The lowest BCUT2D eigenvalue weighted by Gasteiger charge is -2.35. The van der Waals surface area contributed by atoms with Gasteiger partial charge in [-0.05, 0) is 48.5 Å². The molecule has 9 nitrogen and oxygen atoms in total. The number of halogens is 1. The van der Waals surface area contributed by atoms with Crippen LogP contribution in [0.3, 0.4) is 0 Å². The summed E-state index contributed by atoms with van der Waals surface area (Å²) < 4.78 is 20.2. The summed E-state index contributed by atoms with van der Waals surface area (Å²) in [6.45, 7) is 1.95. The minimum Gasteiger partial charge on any atom is -0.497 e. The Morgan fingerprint density at radius 2 is 1.53 bits per heavy atom. The summed E-state index contributed by atoms with van der Waals surface area (Å²) >= 11 is 0. The summed E-state index contributed by atoms with van der Waals surface area (Å²) in [5, 5.41) is 4.03. The second kappa shape index (κ2) is 8.66. The van der Waals surface area contributed by atoms with Gasteiger partial charge in [0.25, 0.3) is 11.5 Å². The Morgan fingerprint density at radius 3 is 2.12 bits per heavy atom. The molecule has 0 radical (unpaired) electrons. The van der Waals surface area contributed by atoms with E-state index in [4.69, 9.17) is 4.74 Å². The Morgan fingerprint density at radius 1 is 0.938 bits per heavy atom. The molecule has 1 aliphatic rings. The van der Waals surface area contributed by atoms with Crippen LogP contribution >= 0.6 is 0 Å². The third-order valence-electron chi connectivity index (χ3n) is 5.45. The molecule has 0 unspecified atom stereocenters. The minimum atomic E-state index is -0.768. The SMILES string of the molecule is COc1ccc(N2CCN(C(=O)c3nn(-c4ccc(F)cc4)c(=O)n(C)c3=O)CC2)cc1. The van der Waals surface area contributed by atoms with Crippen LogP contribution in [0, 0.1) is 5.82 Å². The quantitative estimate of drug-likeness (QED) is 0.604. The molecule has 0 aliphatic carbocycles. The molecule has 0 saturated carbocycles. The second-order valence-electron chi connectivity index (χ2n) is 7.36. The van der Waals surface area contributed by atoms with Gasteiger partial charge < -0.3 is 14.5 Å². The molecule has 2 heterocycles. The van der Waals surface area contributed by atoms with Crippen LogP contribution in [0.1, 0.15) is 10.5 Å². The summed E-state index contributed by atoms with van der Waals surface area (Å²) in [5.41, 5.74) is -0.574. The Kier molecular flexibility index (Phi) is 5.76. The highest BCUT2D eigenvalue weighted by Gasteiger charge is 2.27. The Balaban J connectivity index is 1.56. The molecule has 1 fully saturated rings. The van der Waals surface area contributed by atoms with Gasteiger partial charge in [-0.1, -0.05) is 0 Å². The average Bonchev–Trinajstić information content (AvgIpc) is 2.83. The van der Waals surface area contributed by atoms with E-state index in [2.05, 4.69) is 10.00 Å². The Bertz CT molecular complexity index is 1240. The van der Waals surface area contributed by atoms with Crippen molar-refractivity contribution in [3.8, 4) is 11.4 Å². The predicted molar refractivity (Wildman–Crippen MR) is 116 cm³/mol. The van der Waals surface area contributed by atoms with Crippen LogP contribution in [0.25, 0.3) is 5.69 Å². The van der Waals surface area contributed by atoms with E-state index in [1.807, 2.05) is 24.3 Å². The van der Waals surface area contributed by atoms with E-state index in [1.54, 1.807) is 12.0 Å². The van der Waals surface area contributed by atoms with Crippen LogP contribution < -0.4 is 20.9 Å². The lowest BCUT2D eigenvalue weighted by molar-refractivity contribution is 0.0735. The molecular weight excluding hydrogens is 417 g/mol. The predicted octanol–water partition coefficient (Wildman–Crippen LogP) is 1.04. The van der Waals surface area contributed by atoms with Crippen LogP contribution in [0.2, 0.25) is 0 Å². The van der Waals surface area contributed by atoms with Crippen molar-refractivity contribution in [2.24, 2.45) is 7.05 Å². The molecule has 0 atom stereocenters. The van der Waals surface area contributed by atoms with Crippen molar-refractivity contribution in [3.63, 3.8) is 0 Å². The van der Waals surface area contributed by atoms with Crippen molar-refractivity contribution in [2.45, 2.75) is 0 Å². The molecule has 1 aliphatic heterocycles. The number of aromatic nitrogens is 3. The molecule has 2 aromatic carbocycles. The number of nitrogens with zero attached hydrogens (tertiary/aromatic N) is 5. The normalized spacial score (nSPS) is 13.8. The number of anilines is 1. The molecule has 1 amide bonds. The van der Waals surface area contributed by atoms with Gasteiger partial charge in [0.2, 0.25) is 5.69 Å². The van der Waals surface area contributed by atoms with Crippen LogP contribution in [0.5, 0.6) is 5.75 Å². The highest BCUT2D eigenvalue weighted by Crippen LogP contribution is 2.20. The van der Waals surface area contributed by atoms with Gasteiger partial charge in [0.05, 0.1) is 12.8 Å². The maximum absolute atomic E-state index is 13.3. The lowest BCUT2D eigenvalue weighted by atomic mass is 10.2. The number of methoxy groups -OCH3 is 1. The number of benzene rings is 2. The second-order valence-corrected chi connectivity index (χ2v) is 7.36. The summed E-state index contributed by atoms with van der Waals surface area (Å²) in [4.78, 5) is 41.9. The van der Waals surface area contributed by atoms with Crippen molar-refractivity contribution >= 4 is 11.6 Å². The number of hydrogen-bond donors (Lipinski definition) is 0. The van der Waals surface area contributed by atoms with Crippen molar-refractivity contribution in [3.05, 3.63) is 80.9 Å². The first-order valence-corrected chi connectivity index (χ1v) is 10.0. The van der Waals surface area contributed by atoms with Gasteiger partial charge in [-0.3, -0.25) is 14.2 Å². The van der Waals surface area contributed by atoms with Gasteiger partial charge in [0.1, 0.15) is 11.6 Å². The number of piperazine rings is 1. The number of amides is 1. The summed E-state index contributed by atoms with van der Waals surface area (Å²) in [7, 11) is 2.89. The van der Waals surface area contributed by atoms with Gasteiger partial charge in [-0.15, -0.1) is 0 Å². The van der Waals surface area contributed by atoms with E-state index in [0.717, 1.165) is 20.7 Å². The fourth-order valence-corrected chi connectivity index (χ4v) is 3.57. The summed E-state index contributed by atoms with van der Waals surface area (Å²) in [6, 6.07) is 12.7. The van der Waals surface area contributed by atoms with E-state index in [1.165, 1.54) is 31.3 Å². The number of carbonyl (C=O) groups excluding carboxylic acids is 1. The third kappa shape index (κ3) is 3.98. The zero-order valence-corrected chi connectivity index (χ0v) is 17.7. The lowest BCUT2D eigenvalue weighted by Crippen LogP contribution is -2.51. The minimum absolute atomic E-state index is 0.255. The van der Waals surface area contributed by atoms with Gasteiger partial charge >= 0.3 is 5.69 Å². The van der Waals surface area contributed by atoms with E-state index >= 15 is 0 Å². The summed E-state index contributed by atoms with van der Waals surface area (Å²) in [5.74, 6) is -0.255. The number of ether oxygens (including phenoxy) is 1. The number of hydrogen-bond acceptors (Lipinski definition) is 6. The van der Waals surface area contributed by atoms with Gasteiger partial charge in [0.15, 0.2) is 0 Å². The van der Waals surface area contributed by atoms with E-state index in [0.29, 0.717) is 26.2 Å². The van der Waals surface area contributed by atoms with Crippen LogP contribution in [-0.2, 0) is 7.05 Å². The molecule has 3 aromatic rings. The van der Waals surface area contributed by atoms with Gasteiger partial charge in [-0.2, -0.15) is 9.78 Å². The highest BCUT2D eigenvalue weighted by atomic mass is 19.1. The molecule has 32 heavy (non-hydrogen) atoms. The summed E-state index contributed by atoms with van der Waals surface area (Å²) in [6.07, 6.45) is 0. The zero-order valence-electron chi connectivity index (χ0n) is 17.7. The van der Waals surface area contributed by atoms with Gasteiger partial charge in [0, 0.05) is 38.9 Å². The standard InChI is InChI=1S/C22H22FN5O4/c1-25-20(29)19(24-28(22(25)31)17-5-3-15(23)4-6-17)21(30)27-13-11-26(12-14-27)16-7-9-18(32-2)10-8-16/h3-10H,11-14H2,1-2H3. The van der Waals surface area contributed by atoms with Gasteiger partial charge in [-0.25, -0.2) is 9.18 Å². The first-order valence-electron chi connectivity index (χ1n) is 10.0. The van der Waals surface area contributed by atoms with Crippen molar-refractivity contribution < 1.29 is 13.9 Å². The molecule has 0 N–H and O–H groups in total. The van der Waals surface area contributed by atoms with E-state index < -0.39 is 23.0 Å². The molecular formula is C22H22FN5O4. The third-order valence-corrected chi connectivity index (χ3v) is 5.45. The fraction of sp³-hybridized carbons (Fsp3) is 0.273. The highest BCUT2D eigenvalue weighted by molar-refractivity contribution is 5.92. The molecule has 10 heteroatoms. The van der Waals surface area contributed by atoms with E-state index in [-0.39, 0.29) is 11.4 Å². The van der Waals surface area contributed by atoms with Crippen LogP contribution in [-0.4, -0.2) is 58.4 Å². The maximum Gasteiger partial charge on any atom is 0.351 e. The Labute approximate surface area is 182 Å². The van der Waals surface area contributed by atoms with Crippen molar-refractivity contribution in [1.82, 2.24) is 19.2 Å². The molecule has 0 bridgehead atoms. The van der Waals surface area contributed by atoms with Crippen molar-refractivity contribution in [1.29, 1.82) is 0 Å². The van der Waals surface area contributed by atoms with Crippen molar-refractivity contribution in [2.75, 3.05) is 38.2 Å². The van der Waals surface area contributed by atoms with Crippen LogP contribution in [0.4, 0.5) is 10.1 Å². The molecule has 4 rings (SSSR count). The fourth-order valence-electron chi connectivity index (χ4n) is 3.57. The zero-order chi connectivity index (χ0) is 22.8. The first kappa shape index (κ1) is 21.3. The van der Waals surface area contributed by atoms with Crippen LogP contribution in [0.15, 0.2) is 58.1 Å².